The van der Waals surface area contributed by atoms with Crippen LogP contribution in [-0.4, -0.2) is 75.3 Å². The largest absolute Gasteiger partial charge is 0.481 e. The van der Waals surface area contributed by atoms with Gasteiger partial charge in [-0.25, -0.2) is 4.79 Å². The van der Waals surface area contributed by atoms with Gasteiger partial charge < -0.3 is 30.9 Å². The monoisotopic (exact) mass is 463 g/mol. The molecule has 1 fully saturated rings. The minimum absolute atomic E-state index is 0.0632. The molecular weight excluding hydrogens is 438 g/mol. The highest BCUT2D eigenvalue weighted by Gasteiger charge is 2.46. The number of amides is 1. The van der Waals surface area contributed by atoms with Crippen LogP contribution < -0.4 is 11.1 Å². The van der Waals surface area contributed by atoms with E-state index >= 15 is 0 Å². The normalized spacial score (nSPS) is 20.6. The van der Waals surface area contributed by atoms with Crippen LogP contribution in [0.3, 0.4) is 0 Å². The fourth-order valence-electron chi connectivity index (χ4n) is 3.57. The van der Waals surface area contributed by atoms with Crippen LogP contribution in [0, 0.1) is 0 Å². The highest BCUT2D eigenvalue weighted by atomic mass is 32.2. The molecule has 0 aliphatic carbocycles. The van der Waals surface area contributed by atoms with E-state index in [4.69, 9.17) is 15.6 Å². The van der Waals surface area contributed by atoms with Gasteiger partial charge in [-0.15, -0.1) is 11.8 Å². The number of nitrogens with two attached hydrogens (primary N) is 1. The van der Waals surface area contributed by atoms with Crippen molar-refractivity contribution in [2.24, 2.45) is 5.73 Å². The fourth-order valence-corrected chi connectivity index (χ4v) is 4.92. The Hall–Kier alpha value is -3.05. The van der Waals surface area contributed by atoms with Crippen LogP contribution in [0.25, 0.3) is 0 Å². The summed E-state index contributed by atoms with van der Waals surface area (Å²) in [6.45, 7) is 0.109. The van der Waals surface area contributed by atoms with Crippen LogP contribution in [0.2, 0.25) is 0 Å². The maximum Gasteiger partial charge on any atom is 0.352 e. The van der Waals surface area contributed by atoms with Gasteiger partial charge in [0.1, 0.15) is 18.3 Å². The number of rotatable bonds is 10. The van der Waals surface area contributed by atoms with E-state index in [0.717, 1.165) is 5.56 Å². The van der Waals surface area contributed by atoms with Gasteiger partial charge in [0.2, 0.25) is 5.91 Å². The zero-order valence-electron chi connectivity index (χ0n) is 17.2. The van der Waals surface area contributed by atoms with Crippen LogP contribution >= 0.6 is 11.8 Å². The summed E-state index contributed by atoms with van der Waals surface area (Å²) in [6.07, 6.45) is -0.0754. The molecule has 0 radical (unpaired) electrons. The van der Waals surface area contributed by atoms with Gasteiger partial charge in [0.05, 0.1) is 17.8 Å². The summed E-state index contributed by atoms with van der Waals surface area (Å²) >= 11 is 1.46. The molecule has 1 aromatic rings. The van der Waals surface area contributed by atoms with Gasteiger partial charge in [0.25, 0.3) is 0 Å². The molecule has 2 aliphatic rings. The van der Waals surface area contributed by atoms with Crippen molar-refractivity contribution < 1.29 is 34.1 Å². The van der Waals surface area contributed by atoms with Crippen molar-refractivity contribution in [3.8, 4) is 0 Å². The lowest BCUT2D eigenvalue weighted by Gasteiger charge is -2.52. The smallest absolute Gasteiger partial charge is 0.352 e. The van der Waals surface area contributed by atoms with Gasteiger partial charge in [-0.1, -0.05) is 30.3 Å². The van der Waals surface area contributed by atoms with E-state index in [2.05, 4.69) is 5.32 Å². The number of nitrogens with one attached hydrogen (secondary N) is 1. The summed E-state index contributed by atoms with van der Waals surface area (Å²) < 4.78 is 5.13. The molecular formula is C21H25N3O7S. The number of carboxylic acid groups (broad SMARTS) is 2. The molecule has 0 saturated carbocycles. The maximum atomic E-state index is 12.3. The topological polar surface area (TPSA) is 159 Å². The highest BCUT2D eigenvalue weighted by Crippen LogP contribution is 2.39. The van der Waals surface area contributed by atoms with Gasteiger partial charge in [-0.2, -0.15) is 0 Å². The first-order valence-electron chi connectivity index (χ1n) is 10.1. The standard InChI is InChI=1S/C21H25N3O7S/c22-14(6-7-17(26)27)21(30)31-10-13-11-32-19-15(9-24(19)18(13)20(28)29)23-16(25)8-12-4-2-1-3-5-12/h1-5,14-15,19H,6-11,22H2,(H,23,25)(H,26,27)(H,28,29). The molecule has 0 aromatic heterocycles. The van der Waals surface area contributed by atoms with Crippen molar-refractivity contribution >= 4 is 35.6 Å². The SMILES string of the molecule is NC(CCC(=O)O)C(=O)OCC1=C(C(=O)O)N2CC(NC(=O)Cc3ccccc3)C2SC1. The molecule has 3 atom stereocenters. The zero-order chi connectivity index (χ0) is 23.3. The molecule has 1 saturated heterocycles. The number of carbonyl (C=O) groups excluding carboxylic acids is 2. The lowest BCUT2D eigenvalue weighted by Crippen LogP contribution is -2.66. The predicted molar refractivity (Wildman–Crippen MR) is 115 cm³/mol. The van der Waals surface area contributed by atoms with Crippen LogP contribution in [0.4, 0.5) is 0 Å². The number of aliphatic carboxylic acids is 2. The second-order valence-corrected chi connectivity index (χ2v) is 8.70. The molecule has 172 valence electrons. The number of carbonyl (C=O) groups is 4. The third-order valence-corrected chi connectivity index (χ3v) is 6.65. The first-order valence-corrected chi connectivity index (χ1v) is 11.1. The summed E-state index contributed by atoms with van der Waals surface area (Å²) in [5.41, 5.74) is 7.03. The van der Waals surface area contributed by atoms with Crippen LogP contribution in [-0.2, 0) is 30.3 Å². The van der Waals surface area contributed by atoms with Gasteiger partial charge >= 0.3 is 17.9 Å². The summed E-state index contributed by atoms with van der Waals surface area (Å²) in [5, 5.41) is 21.1. The minimum atomic E-state index is -1.13. The third kappa shape index (κ3) is 5.80. The molecule has 3 unspecified atom stereocenters. The Balaban J connectivity index is 1.55. The molecule has 0 spiro atoms. The van der Waals surface area contributed by atoms with E-state index in [1.807, 2.05) is 30.3 Å². The summed E-state index contributed by atoms with van der Waals surface area (Å²) in [7, 11) is 0. The fraction of sp³-hybridized carbons (Fsp3) is 0.429. The summed E-state index contributed by atoms with van der Waals surface area (Å²) in [6, 6.07) is 8.08. The Bertz CT molecular complexity index is 921. The van der Waals surface area contributed by atoms with E-state index in [1.165, 1.54) is 11.8 Å². The van der Waals surface area contributed by atoms with Gasteiger partial charge in [0, 0.05) is 24.3 Å². The average Bonchev–Trinajstić information content (AvgIpc) is 2.74. The van der Waals surface area contributed by atoms with Crippen molar-refractivity contribution in [3.63, 3.8) is 0 Å². The molecule has 2 heterocycles. The summed E-state index contributed by atoms with van der Waals surface area (Å²) in [4.78, 5) is 48.4. The van der Waals surface area contributed by atoms with Crippen molar-refractivity contribution in [1.82, 2.24) is 10.2 Å². The second kappa shape index (κ2) is 10.5. The molecule has 32 heavy (non-hydrogen) atoms. The number of thioether (sulfide) groups is 1. The molecule has 0 bridgehead atoms. The quantitative estimate of drug-likeness (QED) is 0.352. The molecule has 1 aromatic carbocycles. The summed E-state index contributed by atoms with van der Waals surface area (Å²) in [5.74, 6) is -2.78. The second-order valence-electron chi connectivity index (χ2n) is 7.59. The molecule has 3 rings (SSSR count). The Labute approximate surface area is 188 Å². The lowest BCUT2D eigenvalue weighted by atomic mass is 10.0. The van der Waals surface area contributed by atoms with Crippen molar-refractivity contribution in [2.45, 2.75) is 36.7 Å². The lowest BCUT2D eigenvalue weighted by molar-refractivity contribution is -0.145. The minimum Gasteiger partial charge on any atom is -0.481 e. The molecule has 10 nitrogen and oxygen atoms in total. The van der Waals surface area contributed by atoms with E-state index < -0.39 is 23.9 Å². The molecule has 11 heteroatoms. The average molecular weight is 464 g/mol. The molecule has 2 aliphatic heterocycles. The highest BCUT2D eigenvalue weighted by molar-refractivity contribution is 8.00. The van der Waals surface area contributed by atoms with Crippen LogP contribution in [0.5, 0.6) is 0 Å². The maximum absolute atomic E-state index is 12.3. The van der Waals surface area contributed by atoms with Gasteiger partial charge in [0.15, 0.2) is 0 Å². The number of esters is 1. The number of carboxylic acids is 2. The Morgan fingerprint density at radius 1 is 1.22 bits per heavy atom. The van der Waals surface area contributed by atoms with Gasteiger partial charge in [-0.3, -0.25) is 14.4 Å². The van der Waals surface area contributed by atoms with Crippen LogP contribution in [0.1, 0.15) is 18.4 Å². The molecule has 5 N–H and O–H groups in total. The first kappa shape index (κ1) is 23.6. The number of hydrogen-bond donors (Lipinski definition) is 4. The van der Waals surface area contributed by atoms with Crippen molar-refractivity contribution in [1.29, 1.82) is 0 Å². The number of fused-ring (bicyclic) bond motifs is 1. The van der Waals surface area contributed by atoms with Gasteiger partial charge in [-0.05, 0) is 12.0 Å². The number of nitrogens with zero attached hydrogens (tertiary/aromatic N) is 1. The van der Waals surface area contributed by atoms with E-state index in [-0.39, 0.29) is 48.9 Å². The zero-order valence-corrected chi connectivity index (χ0v) is 18.0. The number of ether oxygens (including phenoxy) is 1. The Morgan fingerprint density at radius 2 is 1.94 bits per heavy atom. The molecule has 1 amide bonds. The first-order chi connectivity index (χ1) is 15.3. The van der Waals surface area contributed by atoms with Crippen molar-refractivity contribution in [2.75, 3.05) is 18.9 Å². The van der Waals surface area contributed by atoms with Crippen molar-refractivity contribution in [3.05, 3.63) is 47.2 Å². The Kier molecular flexibility index (Phi) is 7.75. The number of benzene rings is 1. The van der Waals surface area contributed by atoms with E-state index in [1.54, 1.807) is 4.90 Å². The Morgan fingerprint density at radius 3 is 2.59 bits per heavy atom. The predicted octanol–water partition coefficient (Wildman–Crippen LogP) is 0.176. The van der Waals surface area contributed by atoms with E-state index in [9.17, 15) is 24.3 Å². The van der Waals surface area contributed by atoms with E-state index in [0.29, 0.717) is 17.9 Å². The third-order valence-electron chi connectivity index (χ3n) is 5.21. The number of hydrogen-bond acceptors (Lipinski definition) is 8. The van der Waals surface area contributed by atoms with Crippen LogP contribution in [0.15, 0.2) is 41.6 Å².